The Morgan fingerprint density at radius 3 is 2.75 bits per heavy atom. The molecule has 0 aliphatic heterocycles. The molecule has 0 aromatic heterocycles. The lowest BCUT2D eigenvalue weighted by atomic mass is 9.88. The fraction of sp³-hybridized carbons (Fsp3) is 0.600. The Bertz CT molecular complexity index is 153. The zero-order valence-corrected chi connectivity index (χ0v) is 4.54. The third-order valence-corrected chi connectivity index (χ3v) is 1.40. The van der Waals surface area contributed by atoms with Crippen LogP contribution < -0.4 is 0 Å². The standard InChI is InChI=1S/C5H7N3/c1-4-2-3-5(4)7-8-6/h5H,1-3H2. The Hall–Kier alpha value is -0.950. The summed E-state index contributed by atoms with van der Waals surface area (Å²) in [7, 11) is 0. The van der Waals surface area contributed by atoms with Gasteiger partial charge in [-0.15, -0.1) is 0 Å². The molecule has 1 unspecified atom stereocenters. The topological polar surface area (TPSA) is 48.8 Å². The summed E-state index contributed by atoms with van der Waals surface area (Å²) in [6.45, 7) is 3.70. The van der Waals surface area contributed by atoms with Crippen LogP contribution in [0, 0.1) is 0 Å². The van der Waals surface area contributed by atoms with Gasteiger partial charge < -0.3 is 0 Å². The average molecular weight is 109 g/mol. The van der Waals surface area contributed by atoms with E-state index in [4.69, 9.17) is 5.53 Å². The Balaban J connectivity index is 2.49. The monoisotopic (exact) mass is 109 g/mol. The maximum Gasteiger partial charge on any atom is 0.0585 e. The van der Waals surface area contributed by atoms with Crippen molar-refractivity contribution >= 4 is 0 Å². The van der Waals surface area contributed by atoms with Crippen LogP contribution in [0.2, 0.25) is 0 Å². The quantitative estimate of drug-likeness (QED) is 0.214. The third kappa shape index (κ3) is 0.678. The molecule has 3 nitrogen and oxygen atoms in total. The number of hydrogen-bond acceptors (Lipinski definition) is 1. The van der Waals surface area contributed by atoms with Gasteiger partial charge in [0.15, 0.2) is 0 Å². The first-order chi connectivity index (χ1) is 3.84. The van der Waals surface area contributed by atoms with E-state index in [0.29, 0.717) is 0 Å². The minimum Gasteiger partial charge on any atom is -0.0995 e. The minimum atomic E-state index is 0.111. The third-order valence-electron chi connectivity index (χ3n) is 1.40. The van der Waals surface area contributed by atoms with E-state index in [1.807, 2.05) is 0 Å². The van der Waals surface area contributed by atoms with E-state index in [2.05, 4.69) is 16.6 Å². The molecule has 3 heteroatoms. The van der Waals surface area contributed by atoms with E-state index in [1.54, 1.807) is 0 Å². The van der Waals surface area contributed by atoms with E-state index in [0.717, 1.165) is 18.4 Å². The molecular weight excluding hydrogens is 102 g/mol. The highest BCUT2D eigenvalue weighted by Gasteiger charge is 2.19. The Labute approximate surface area is 47.6 Å². The maximum absolute atomic E-state index is 7.94. The lowest BCUT2D eigenvalue weighted by Gasteiger charge is -2.23. The van der Waals surface area contributed by atoms with Crippen molar-refractivity contribution in [3.05, 3.63) is 22.6 Å². The first-order valence-electron chi connectivity index (χ1n) is 2.56. The van der Waals surface area contributed by atoms with Crippen LogP contribution in [-0.4, -0.2) is 6.04 Å². The van der Waals surface area contributed by atoms with E-state index in [9.17, 15) is 0 Å². The van der Waals surface area contributed by atoms with Crippen LogP contribution in [0.4, 0.5) is 0 Å². The van der Waals surface area contributed by atoms with Gasteiger partial charge in [-0.3, -0.25) is 0 Å². The highest BCUT2D eigenvalue weighted by atomic mass is 15.2. The second kappa shape index (κ2) is 1.88. The molecule has 1 aliphatic rings. The molecule has 8 heavy (non-hydrogen) atoms. The van der Waals surface area contributed by atoms with Gasteiger partial charge in [0, 0.05) is 4.91 Å². The summed E-state index contributed by atoms with van der Waals surface area (Å²) in [6.07, 6.45) is 2.02. The molecule has 0 aromatic rings. The normalized spacial score (nSPS) is 26.0. The van der Waals surface area contributed by atoms with E-state index >= 15 is 0 Å². The minimum absolute atomic E-state index is 0.111. The van der Waals surface area contributed by atoms with Gasteiger partial charge in [-0.1, -0.05) is 17.3 Å². The van der Waals surface area contributed by atoms with Crippen LogP contribution >= 0.6 is 0 Å². The number of nitrogens with zero attached hydrogens (tertiary/aromatic N) is 3. The molecule has 1 atom stereocenters. The van der Waals surface area contributed by atoms with Gasteiger partial charge in [0.1, 0.15) is 0 Å². The zero-order chi connectivity index (χ0) is 5.98. The van der Waals surface area contributed by atoms with E-state index in [1.165, 1.54) is 0 Å². The van der Waals surface area contributed by atoms with Crippen molar-refractivity contribution in [2.45, 2.75) is 18.9 Å². The smallest absolute Gasteiger partial charge is 0.0585 e. The Morgan fingerprint density at radius 1 is 1.88 bits per heavy atom. The SMILES string of the molecule is C=C1CCC1N=[N+]=[N-]. The number of hydrogen-bond donors (Lipinski definition) is 0. The Morgan fingerprint density at radius 2 is 2.62 bits per heavy atom. The summed E-state index contributed by atoms with van der Waals surface area (Å²) in [6, 6.07) is 0.111. The fourth-order valence-electron chi connectivity index (χ4n) is 0.679. The van der Waals surface area contributed by atoms with Gasteiger partial charge >= 0.3 is 0 Å². The van der Waals surface area contributed by atoms with Crippen molar-refractivity contribution in [2.24, 2.45) is 5.11 Å². The van der Waals surface area contributed by atoms with Crippen molar-refractivity contribution in [3.8, 4) is 0 Å². The van der Waals surface area contributed by atoms with Gasteiger partial charge in [-0.05, 0) is 18.4 Å². The number of azide groups is 1. The van der Waals surface area contributed by atoms with E-state index < -0.39 is 0 Å². The molecule has 0 heterocycles. The average Bonchev–Trinajstić information content (AvgIpc) is 1.79. The summed E-state index contributed by atoms with van der Waals surface area (Å²) in [5.41, 5.74) is 9.01. The molecule has 1 rings (SSSR count). The van der Waals surface area contributed by atoms with Gasteiger partial charge in [0.25, 0.3) is 0 Å². The van der Waals surface area contributed by atoms with Gasteiger partial charge in [0.2, 0.25) is 0 Å². The molecule has 0 saturated heterocycles. The lowest BCUT2D eigenvalue weighted by molar-refractivity contribution is 0.557. The molecule has 1 saturated carbocycles. The summed E-state index contributed by atoms with van der Waals surface area (Å²) in [5.74, 6) is 0. The van der Waals surface area contributed by atoms with Gasteiger partial charge in [0.05, 0.1) is 6.04 Å². The van der Waals surface area contributed by atoms with Crippen LogP contribution in [0.15, 0.2) is 17.3 Å². The van der Waals surface area contributed by atoms with Crippen LogP contribution in [-0.2, 0) is 0 Å². The second-order valence-electron chi connectivity index (χ2n) is 1.92. The van der Waals surface area contributed by atoms with Crippen LogP contribution in [0.3, 0.4) is 0 Å². The molecular formula is C5H7N3. The summed E-state index contributed by atoms with van der Waals surface area (Å²) in [5, 5.41) is 3.49. The zero-order valence-electron chi connectivity index (χ0n) is 4.54. The molecule has 1 aliphatic carbocycles. The molecule has 1 fully saturated rings. The molecule has 0 spiro atoms. The maximum atomic E-state index is 7.94. The molecule has 0 N–H and O–H groups in total. The van der Waals surface area contributed by atoms with Crippen molar-refractivity contribution in [1.82, 2.24) is 0 Å². The number of rotatable bonds is 1. The predicted octanol–water partition coefficient (Wildman–Crippen LogP) is 2.02. The van der Waals surface area contributed by atoms with Crippen LogP contribution in [0.25, 0.3) is 10.4 Å². The fourth-order valence-corrected chi connectivity index (χ4v) is 0.679. The van der Waals surface area contributed by atoms with Gasteiger partial charge in [-0.2, -0.15) is 0 Å². The predicted molar refractivity (Wildman–Crippen MR) is 31.3 cm³/mol. The van der Waals surface area contributed by atoms with Crippen LogP contribution in [0.1, 0.15) is 12.8 Å². The first kappa shape index (κ1) is 5.19. The van der Waals surface area contributed by atoms with Crippen molar-refractivity contribution in [2.75, 3.05) is 0 Å². The molecule has 0 amide bonds. The molecule has 42 valence electrons. The first-order valence-corrected chi connectivity index (χ1v) is 2.56. The van der Waals surface area contributed by atoms with E-state index in [-0.39, 0.29) is 6.04 Å². The molecule has 0 radical (unpaired) electrons. The second-order valence-corrected chi connectivity index (χ2v) is 1.92. The highest BCUT2D eigenvalue weighted by molar-refractivity contribution is 5.14. The summed E-state index contributed by atoms with van der Waals surface area (Å²) >= 11 is 0. The van der Waals surface area contributed by atoms with Crippen molar-refractivity contribution < 1.29 is 0 Å². The van der Waals surface area contributed by atoms with Crippen LogP contribution in [0.5, 0.6) is 0 Å². The lowest BCUT2D eigenvalue weighted by Crippen LogP contribution is -2.17. The summed E-state index contributed by atoms with van der Waals surface area (Å²) in [4.78, 5) is 2.67. The van der Waals surface area contributed by atoms with Crippen molar-refractivity contribution in [1.29, 1.82) is 0 Å². The Kier molecular flexibility index (Phi) is 1.22. The highest BCUT2D eigenvalue weighted by Crippen LogP contribution is 2.27. The molecule has 0 aromatic carbocycles. The van der Waals surface area contributed by atoms with Crippen molar-refractivity contribution in [3.63, 3.8) is 0 Å². The van der Waals surface area contributed by atoms with Gasteiger partial charge in [-0.25, -0.2) is 0 Å². The largest absolute Gasteiger partial charge is 0.0995 e. The molecule has 0 bridgehead atoms. The summed E-state index contributed by atoms with van der Waals surface area (Å²) < 4.78 is 0.